The predicted octanol–water partition coefficient (Wildman–Crippen LogP) is 2.19. The molecule has 12 heavy (non-hydrogen) atoms. The maximum absolute atomic E-state index is 11.4. The van der Waals surface area contributed by atoms with Gasteiger partial charge >= 0.3 is 5.97 Å². The third-order valence-electron chi connectivity index (χ3n) is 2.35. The second kappa shape index (κ2) is 3.30. The molecule has 2 nitrogen and oxygen atoms in total. The van der Waals surface area contributed by atoms with Gasteiger partial charge in [-0.3, -0.25) is 0 Å². The molecule has 0 unspecified atom stereocenters. The van der Waals surface area contributed by atoms with E-state index in [1.54, 1.807) is 0 Å². The molecule has 0 heterocycles. The summed E-state index contributed by atoms with van der Waals surface area (Å²) in [4.78, 5) is 11.4. The summed E-state index contributed by atoms with van der Waals surface area (Å²) in [5.41, 5.74) is 0.910. The Hall–Kier alpha value is -0.790. The van der Waals surface area contributed by atoms with Gasteiger partial charge in [-0.15, -0.1) is 0 Å². The molecular formula is C10H14O2. The average molecular weight is 166 g/mol. The van der Waals surface area contributed by atoms with Crippen molar-refractivity contribution >= 4 is 5.97 Å². The van der Waals surface area contributed by atoms with Gasteiger partial charge < -0.3 is 4.74 Å². The molecule has 0 amide bonds. The third-order valence-corrected chi connectivity index (χ3v) is 2.35. The first-order valence-electron chi connectivity index (χ1n) is 4.76. The van der Waals surface area contributed by atoms with Crippen LogP contribution >= 0.6 is 0 Å². The van der Waals surface area contributed by atoms with E-state index in [-0.39, 0.29) is 12.1 Å². The van der Waals surface area contributed by atoms with Gasteiger partial charge in [0.1, 0.15) is 6.10 Å². The highest BCUT2D eigenvalue weighted by molar-refractivity contribution is 5.88. The monoisotopic (exact) mass is 166 g/mol. The summed E-state index contributed by atoms with van der Waals surface area (Å²) in [6, 6.07) is 0. The Morgan fingerprint density at radius 1 is 1.42 bits per heavy atom. The summed E-state index contributed by atoms with van der Waals surface area (Å²) in [6.45, 7) is 0. The van der Waals surface area contributed by atoms with E-state index in [9.17, 15) is 4.79 Å². The van der Waals surface area contributed by atoms with E-state index in [2.05, 4.69) is 0 Å². The summed E-state index contributed by atoms with van der Waals surface area (Å²) < 4.78 is 5.19. The molecule has 0 spiro atoms. The molecule has 2 aliphatic rings. The van der Waals surface area contributed by atoms with E-state index in [1.807, 2.05) is 6.08 Å². The molecule has 0 N–H and O–H groups in total. The Morgan fingerprint density at radius 3 is 2.83 bits per heavy atom. The number of hydrogen-bond acceptors (Lipinski definition) is 2. The van der Waals surface area contributed by atoms with Crippen molar-refractivity contribution < 1.29 is 9.53 Å². The minimum Gasteiger partial charge on any atom is -0.459 e. The van der Waals surface area contributed by atoms with Crippen LogP contribution in [0.15, 0.2) is 11.6 Å². The minimum atomic E-state index is -0.0581. The predicted molar refractivity (Wildman–Crippen MR) is 45.7 cm³/mol. The molecule has 0 aromatic heterocycles. The molecule has 1 fully saturated rings. The average Bonchev–Trinajstić information content (AvgIpc) is 2.90. The van der Waals surface area contributed by atoms with Crippen LogP contribution in [0.25, 0.3) is 0 Å². The van der Waals surface area contributed by atoms with Crippen molar-refractivity contribution in [2.75, 3.05) is 0 Å². The number of rotatable bonds is 2. The zero-order valence-corrected chi connectivity index (χ0v) is 7.21. The lowest BCUT2D eigenvalue weighted by Gasteiger charge is -2.11. The van der Waals surface area contributed by atoms with Crippen molar-refractivity contribution in [3.63, 3.8) is 0 Å². The Kier molecular flexibility index (Phi) is 2.15. The van der Waals surface area contributed by atoms with Crippen molar-refractivity contribution in [2.24, 2.45) is 0 Å². The Balaban J connectivity index is 1.88. The number of hydrogen-bond donors (Lipinski definition) is 0. The molecule has 0 radical (unpaired) electrons. The first kappa shape index (κ1) is 7.84. The maximum Gasteiger partial charge on any atom is 0.333 e. The summed E-state index contributed by atoms with van der Waals surface area (Å²) >= 11 is 0. The maximum atomic E-state index is 11.4. The smallest absolute Gasteiger partial charge is 0.333 e. The quantitative estimate of drug-likeness (QED) is 0.588. The lowest BCUT2D eigenvalue weighted by Crippen LogP contribution is -2.11. The molecule has 0 saturated heterocycles. The first-order valence-corrected chi connectivity index (χ1v) is 4.76. The fourth-order valence-corrected chi connectivity index (χ4v) is 1.44. The van der Waals surface area contributed by atoms with Crippen LogP contribution in [0, 0.1) is 0 Å². The van der Waals surface area contributed by atoms with Gasteiger partial charge in [0.15, 0.2) is 0 Å². The van der Waals surface area contributed by atoms with Crippen LogP contribution in [0.1, 0.15) is 38.5 Å². The van der Waals surface area contributed by atoms with Crippen molar-refractivity contribution in [2.45, 2.75) is 44.6 Å². The van der Waals surface area contributed by atoms with E-state index in [1.165, 1.54) is 6.42 Å². The van der Waals surface area contributed by atoms with Crippen LogP contribution in [0.3, 0.4) is 0 Å². The van der Waals surface area contributed by atoms with Crippen LogP contribution in [-0.2, 0) is 9.53 Å². The highest BCUT2D eigenvalue weighted by Crippen LogP contribution is 2.26. The topological polar surface area (TPSA) is 26.3 Å². The molecule has 0 aliphatic heterocycles. The van der Waals surface area contributed by atoms with Crippen LogP contribution in [0.5, 0.6) is 0 Å². The van der Waals surface area contributed by atoms with Gasteiger partial charge in [0.2, 0.25) is 0 Å². The molecule has 0 aromatic carbocycles. The standard InChI is InChI=1S/C10H14O2/c11-10(12-9-6-7-9)8-4-2-1-3-5-8/h4,9H,1-3,5-7H2. The molecule has 1 saturated carbocycles. The summed E-state index contributed by atoms with van der Waals surface area (Å²) in [5.74, 6) is -0.0581. The summed E-state index contributed by atoms with van der Waals surface area (Å²) in [6.07, 6.45) is 8.76. The number of carbonyl (C=O) groups is 1. The van der Waals surface area contributed by atoms with E-state index in [4.69, 9.17) is 4.74 Å². The Bertz CT molecular complexity index is 214. The number of ether oxygens (including phenoxy) is 1. The molecular weight excluding hydrogens is 152 g/mol. The van der Waals surface area contributed by atoms with Crippen LogP contribution in [-0.4, -0.2) is 12.1 Å². The lowest BCUT2D eigenvalue weighted by molar-refractivity contribution is -0.140. The lowest BCUT2D eigenvalue weighted by atomic mass is 10.00. The number of allylic oxidation sites excluding steroid dienone is 1. The van der Waals surface area contributed by atoms with Crippen molar-refractivity contribution in [1.29, 1.82) is 0 Å². The van der Waals surface area contributed by atoms with Gasteiger partial charge in [-0.05, 0) is 38.5 Å². The molecule has 2 aliphatic carbocycles. The first-order chi connectivity index (χ1) is 5.86. The van der Waals surface area contributed by atoms with Gasteiger partial charge in [-0.1, -0.05) is 6.08 Å². The normalized spacial score (nSPS) is 23.2. The van der Waals surface area contributed by atoms with Crippen LogP contribution in [0.4, 0.5) is 0 Å². The molecule has 2 rings (SSSR count). The zero-order chi connectivity index (χ0) is 8.39. The van der Waals surface area contributed by atoms with Crippen molar-refractivity contribution in [1.82, 2.24) is 0 Å². The second-order valence-corrected chi connectivity index (χ2v) is 3.58. The van der Waals surface area contributed by atoms with Gasteiger partial charge in [0.05, 0.1) is 0 Å². The largest absolute Gasteiger partial charge is 0.459 e. The number of esters is 1. The zero-order valence-electron chi connectivity index (χ0n) is 7.21. The Labute approximate surface area is 72.6 Å². The Morgan fingerprint density at radius 2 is 2.25 bits per heavy atom. The van der Waals surface area contributed by atoms with E-state index >= 15 is 0 Å². The van der Waals surface area contributed by atoms with Gasteiger partial charge in [-0.2, -0.15) is 0 Å². The van der Waals surface area contributed by atoms with Crippen LogP contribution in [0.2, 0.25) is 0 Å². The van der Waals surface area contributed by atoms with E-state index < -0.39 is 0 Å². The van der Waals surface area contributed by atoms with Gasteiger partial charge in [-0.25, -0.2) is 4.79 Å². The van der Waals surface area contributed by atoms with E-state index in [0.717, 1.165) is 37.7 Å². The van der Waals surface area contributed by atoms with Crippen molar-refractivity contribution in [3.8, 4) is 0 Å². The fraction of sp³-hybridized carbons (Fsp3) is 0.700. The van der Waals surface area contributed by atoms with Crippen molar-refractivity contribution in [3.05, 3.63) is 11.6 Å². The third kappa shape index (κ3) is 1.87. The molecule has 0 atom stereocenters. The molecule has 0 aromatic rings. The number of carbonyl (C=O) groups excluding carboxylic acids is 1. The van der Waals surface area contributed by atoms with Crippen LogP contribution < -0.4 is 0 Å². The van der Waals surface area contributed by atoms with Gasteiger partial charge in [0.25, 0.3) is 0 Å². The van der Waals surface area contributed by atoms with E-state index in [0.29, 0.717) is 0 Å². The second-order valence-electron chi connectivity index (χ2n) is 3.58. The summed E-state index contributed by atoms with van der Waals surface area (Å²) in [7, 11) is 0. The summed E-state index contributed by atoms with van der Waals surface area (Å²) in [5, 5.41) is 0. The highest BCUT2D eigenvalue weighted by Gasteiger charge is 2.27. The fourth-order valence-electron chi connectivity index (χ4n) is 1.44. The van der Waals surface area contributed by atoms with Gasteiger partial charge in [0, 0.05) is 5.57 Å². The SMILES string of the molecule is O=C(OC1CC1)C1=CCCCC1. The minimum absolute atomic E-state index is 0.0581. The molecule has 66 valence electrons. The highest BCUT2D eigenvalue weighted by atomic mass is 16.5. The molecule has 0 bridgehead atoms. The molecule has 2 heteroatoms.